The standard InChI is InChI=1S/C10H13N2O/c1-9-4-5-11-8-10(9)13-12-6-2-3-7-12/h4-5H,2-3,6-7H2,1H3. The molecule has 3 nitrogen and oxygen atoms in total. The van der Waals surface area contributed by atoms with E-state index in [1.807, 2.05) is 18.1 Å². The highest BCUT2D eigenvalue weighted by molar-refractivity contribution is 5.26. The Morgan fingerprint density at radius 2 is 2.23 bits per heavy atom. The molecule has 1 aliphatic rings. The molecular formula is C10H13N2O. The molecule has 0 unspecified atom stereocenters. The molecule has 0 saturated carbocycles. The smallest absolute Gasteiger partial charge is 0.178 e. The molecule has 0 aliphatic carbocycles. The van der Waals surface area contributed by atoms with E-state index in [0.29, 0.717) is 0 Å². The molecule has 2 heterocycles. The lowest BCUT2D eigenvalue weighted by atomic mass is 10.3. The summed E-state index contributed by atoms with van der Waals surface area (Å²) >= 11 is 0. The monoisotopic (exact) mass is 177 g/mol. The van der Waals surface area contributed by atoms with Crippen LogP contribution < -0.4 is 4.84 Å². The van der Waals surface area contributed by atoms with Gasteiger partial charge in [0, 0.05) is 19.3 Å². The first-order chi connectivity index (χ1) is 6.36. The topological polar surface area (TPSA) is 25.4 Å². The van der Waals surface area contributed by atoms with E-state index < -0.39 is 0 Å². The first kappa shape index (κ1) is 8.51. The zero-order valence-electron chi connectivity index (χ0n) is 7.79. The highest BCUT2D eigenvalue weighted by Crippen LogP contribution is 2.17. The third-order valence-corrected chi connectivity index (χ3v) is 2.21. The van der Waals surface area contributed by atoms with Gasteiger partial charge in [0.05, 0.1) is 0 Å². The zero-order valence-corrected chi connectivity index (χ0v) is 7.79. The van der Waals surface area contributed by atoms with E-state index in [9.17, 15) is 0 Å². The lowest BCUT2D eigenvalue weighted by Crippen LogP contribution is -2.23. The van der Waals surface area contributed by atoms with Crippen molar-refractivity contribution in [2.45, 2.75) is 19.8 Å². The van der Waals surface area contributed by atoms with Crippen molar-refractivity contribution in [1.82, 2.24) is 10.0 Å². The van der Waals surface area contributed by atoms with Crippen molar-refractivity contribution < 1.29 is 4.84 Å². The van der Waals surface area contributed by atoms with E-state index >= 15 is 0 Å². The number of hydroxylamine groups is 2. The van der Waals surface area contributed by atoms with E-state index in [2.05, 4.69) is 11.2 Å². The van der Waals surface area contributed by atoms with Gasteiger partial charge in [-0.2, -0.15) is 0 Å². The van der Waals surface area contributed by atoms with Gasteiger partial charge in [0.25, 0.3) is 0 Å². The molecule has 2 rings (SSSR count). The fraction of sp³-hybridized carbons (Fsp3) is 0.500. The highest BCUT2D eigenvalue weighted by atomic mass is 16.7. The Balaban J connectivity index is 2.04. The maximum absolute atomic E-state index is 5.62. The van der Waals surface area contributed by atoms with Crippen LogP contribution in [0.1, 0.15) is 18.4 Å². The Hall–Kier alpha value is -1.09. The average Bonchev–Trinajstić information content (AvgIpc) is 2.61. The molecule has 13 heavy (non-hydrogen) atoms. The number of hydrogen-bond acceptors (Lipinski definition) is 3. The fourth-order valence-electron chi connectivity index (χ4n) is 1.41. The third-order valence-electron chi connectivity index (χ3n) is 2.21. The SMILES string of the molecule is Cc1ccn[c]c1ON1CCCC1. The Morgan fingerprint density at radius 1 is 1.46 bits per heavy atom. The first-order valence-corrected chi connectivity index (χ1v) is 4.62. The third kappa shape index (κ3) is 1.98. The van der Waals surface area contributed by atoms with Crippen LogP contribution in [0.2, 0.25) is 0 Å². The maximum Gasteiger partial charge on any atom is 0.178 e. The van der Waals surface area contributed by atoms with Crippen molar-refractivity contribution in [2.75, 3.05) is 13.1 Å². The minimum Gasteiger partial charge on any atom is -0.403 e. The molecule has 0 atom stereocenters. The number of aryl methyl sites for hydroxylation is 1. The lowest BCUT2D eigenvalue weighted by molar-refractivity contribution is -0.0359. The summed E-state index contributed by atoms with van der Waals surface area (Å²) < 4.78 is 0. The van der Waals surface area contributed by atoms with Gasteiger partial charge in [-0.3, -0.25) is 4.98 Å². The number of aromatic nitrogens is 1. The van der Waals surface area contributed by atoms with Gasteiger partial charge >= 0.3 is 0 Å². The van der Waals surface area contributed by atoms with Gasteiger partial charge in [0.1, 0.15) is 6.20 Å². The van der Waals surface area contributed by atoms with Crippen LogP contribution in [0.3, 0.4) is 0 Å². The molecule has 1 aromatic heterocycles. The van der Waals surface area contributed by atoms with Crippen LogP contribution in [0.5, 0.6) is 5.75 Å². The minimum absolute atomic E-state index is 0.754. The number of pyridine rings is 1. The summed E-state index contributed by atoms with van der Waals surface area (Å²) in [6, 6.07) is 1.93. The van der Waals surface area contributed by atoms with Crippen LogP contribution in [0.4, 0.5) is 0 Å². The minimum atomic E-state index is 0.754. The van der Waals surface area contributed by atoms with Gasteiger partial charge in [-0.15, -0.1) is 5.06 Å². The normalized spacial score (nSPS) is 17.6. The van der Waals surface area contributed by atoms with E-state index in [1.54, 1.807) is 6.20 Å². The molecule has 0 amide bonds. The summed E-state index contributed by atoms with van der Waals surface area (Å²) in [6.07, 6.45) is 7.02. The van der Waals surface area contributed by atoms with E-state index in [-0.39, 0.29) is 0 Å². The lowest BCUT2D eigenvalue weighted by Gasteiger charge is -2.16. The summed E-state index contributed by atoms with van der Waals surface area (Å²) in [4.78, 5) is 9.53. The van der Waals surface area contributed by atoms with Crippen LogP contribution in [-0.4, -0.2) is 23.1 Å². The average molecular weight is 177 g/mol. The molecule has 0 N–H and O–H groups in total. The summed E-state index contributed by atoms with van der Waals surface area (Å²) in [7, 11) is 0. The Bertz CT molecular complexity index is 282. The van der Waals surface area contributed by atoms with E-state index in [4.69, 9.17) is 4.84 Å². The van der Waals surface area contributed by atoms with Crippen LogP contribution in [0.25, 0.3) is 0 Å². The largest absolute Gasteiger partial charge is 0.403 e. The van der Waals surface area contributed by atoms with Crippen molar-refractivity contribution in [2.24, 2.45) is 0 Å². The van der Waals surface area contributed by atoms with Crippen LogP contribution >= 0.6 is 0 Å². The summed E-state index contributed by atoms with van der Waals surface area (Å²) in [5.74, 6) is 0.754. The molecule has 1 aliphatic heterocycles. The molecule has 1 aromatic rings. The van der Waals surface area contributed by atoms with Crippen molar-refractivity contribution in [3.8, 4) is 5.75 Å². The zero-order chi connectivity index (χ0) is 9.10. The van der Waals surface area contributed by atoms with Gasteiger partial charge in [0.2, 0.25) is 0 Å². The molecule has 69 valence electrons. The van der Waals surface area contributed by atoms with Gasteiger partial charge in [-0.25, -0.2) is 0 Å². The van der Waals surface area contributed by atoms with Crippen molar-refractivity contribution >= 4 is 0 Å². The summed E-state index contributed by atoms with van der Waals surface area (Å²) in [5, 5.41) is 1.97. The molecule has 1 fully saturated rings. The number of rotatable bonds is 2. The summed E-state index contributed by atoms with van der Waals surface area (Å²) in [5.41, 5.74) is 1.09. The predicted octanol–water partition coefficient (Wildman–Crippen LogP) is 1.58. The van der Waals surface area contributed by atoms with Gasteiger partial charge in [-0.05, 0) is 31.4 Å². The van der Waals surface area contributed by atoms with Crippen LogP contribution in [0, 0.1) is 13.1 Å². The first-order valence-electron chi connectivity index (χ1n) is 4.62. The quantitative estimate of drug-likeness (QED) is 0.685. The molecule has 1 radical (unpaired) electrons. The van der Waals surface area contributed by atoms with Gasteiger partial charge in [0.15, 0.2) is 5.75 Å². The van der Waals surface area contributed by atoms with Crippen LogP contribution in [0.15, 0.2) is 12.3 Å². The Labute approximate surface area is 78.3 Å². The molecule has 0 spiro atoms. The van der Waals surface area contributed by atoms with Crippen LogP contribution in [-0.2, 0) is 0 Å². The second kappa shape index (κ2) is 3.75. The number of hydrogen-bond donors (Lipinski definition) is 0. The highest BCUT2D eigenvalue weighted by Gasteiger charge is 2.14. The Kier molecular flexibility index (Phi) is 2.45. The maximum atomic E-state index is 5.62. The predicted molar refractivity (Wildman–Crippen MR) is 49.2 cm³/mol. The molecular weight excluding hydrogens is 164 g/mol. The molecule has 0 aromatic carbocycles. The second-order valence-corrected chi connectivity index (χ2v) is 3.30. The molecule has 1 saturated heterocycles. The van der Waals surface area contributed by atoms with Crippen molar-refractivity contribution in [3.63, 3.8) is 0 Å². The van der Waals surface area contributed by atoms with Gasteiger partial charge in [-0.1, -0.05) is 0 Å². The fourth-order valence-corrected chi connectivity index (χ4v) is 1.41. The number of nitrogens with zero attached hydrogens (tertiary/aromatic N) is 2. The van der Waals surface area contributed by atoms with E-state index in [1.165, 1.54) is 12.8 Å². The molecule has 0 bridgehead atoms. The van der Waals surface area contributed by atoms with Crippen molar-refractivity contribution in [1.29, 1.82) is 0 Å². The molecule has 3 heteroatoms. The summed E-state index contributed by atoms with van der Waals surface area (Å²) in [6.45, 7) is 4.04. The Morgan fingerprint density at radius 3 is 2.92 bits per heavy atom. The van der Waals surface area contributed by atoms with E-state index in [0.717, 1.165) is 24.4 Å². The second-order valence-electron chi connectivity index (χ2n) is 3.30. The van der Waals surface area contributed by atoms with Crippen molar-refractivity contribution in [3.05, 3.63) is 24.0 Å². The van der Waals surface area contributed by atoms with Gasteiger partial charge < -0.3 is 4.84 Å².